The summed E-state index contributed by atoms with van der Waals surface area (Å²) in [5.74, 6) is 1.01. The van der Waals surface area contributed by atoms with Gasteiger partial charge >= 0.3 is 0 Å². The number of halogens is 1. The molecule has 1 rings (SSSR count). The molecule has 0 aliphatic heterocycles. The zero-order valence-corrected chi connectivity index (χ0v) is 8.22. The normalized spacial score (nSPS) is 12.8. The number of hydrogen-bond donors (Lipinski definition) is 1. The summed E-state index contributed by atoms with van der Waals surface area (Å²) in [6.45, 7) is 2.00. The predicted octanol–water partition coefficient (Wildman–Crippen LogP) is 2.01. The van der Waals surface area contributed by atoms with Crippen LogP contribution in [0.2, 0.25) is 0 Å². The Morgan fingerprint density at radius 3 is 3.08 bits per heavy atom. The van der Waals surface area contributed by atoms with Crippen molar-refractivity contribution in [3.63, 3.8) is 0 Å². The maximum Gasteiger partial charge on any atom is 0.147 e. The number of aromatic nitrogens is 1. The topological polar surface area (TPSA) is 33.1 Å². The Morgan fingerprint density at radius 2 is 2.46 bits per heavy atom. The molecule has 4 heteroatoms. The molecule has 0 amide bonds. The highest BCUT2D eigenvalue weighted by atomic mass is 32.2. The molecule has 72 valence electrons. The van der Waals surface area contributed by atoms with Gasteiger partial charge in [-0.05, 0) is 11.8 Å². The van der Waals surface area contributed by atoms with Crippen molar-refractivity contribution in [1.82, 2.24) is 4.98 Å². The summed E-state index contributed by atoms with van der Waals surface area (Å²) in [5.41, 5.74) is 0.330. The van der Waals surface area contributed by atoms with E-state index in [1.54, 1.807) is 11.8 Å². The van der Waals surface area contributed by atoms with E-state index in [4.69, 9.17) is 0 Å². The molecule has 0 radical (unpaired) electrons. The van der Waals surface area contributed by atoms with E-state index in [1.165, 1.54) is 12.3 Å². The fraction of sp³-hybridized carbons (Fsp3) is 0.444. The van der Waals surface area contributed by atoms with E-state index < -0.39 is 11.9 Å². The highest BCUT2D eigenvalue weighted by molar-refractivity contribution is 7.99. The number of aliphatic hydroxyl groups excluding tert-OH is 1. The van der Waals surface area contributed by atoms with Gasteiger partial charge in [-0.2, -0.15) is 11.8 Å². The molecule has 1 N–H and O–H groups in total. The quantitative estimate of drug-likeness (QED) is 0.809. The van der Waals surface area contributed by atoms with E-state index >= 15 is 0 Å². The van der Waals surface area contributed by atoms with Crippen molar-refractivity contribution in [2.24, 2.45) is 0 Å². The number of aliphatic hydroxyl groups is 1. The molecule has 1 aromatic rings. The van der Waals surface area contributed by atoms with Crippen LogP contribution in [0.4, 0.5) is 4.39 Å². The van der Waals surface area contributed by atoms with Crippen LogP contribution in [-0.4, -0.2) is 21.6 Å². The van der Waals surface area contributed by atoms with Crippen LogP contribution < -0.4 is 0 Å². The summed E-state index contributed by atoms with van der Waals surface area (Å²) in [6, 6.07) is 1.51. The first-order valence-corrected chi connectivity index (χ1v) is 5.26. The number of pyridine rings is 1. The predicted molar refractivity (Wildman–Crippen MR) is 52.2 cm³/mol. The first-order chi connectivity index (χ1) is 6.25. The van der Waals surface area contributed by atoms with Crippen LogP contribution in [-0.2, 0) is 0 Å². The molecule has 1 unspecified atom stereocenters. The minimum Gasteiger partial charge on any atom is -0.387 e. The molecule has 0 aliphatic carbocycles. The van der Waals surface area contributed by atoms with E-state index in [0.717, 1.165) is 11.9 Å². The minimum atomic E-state index is -0.729. The smallest absolute Gasteiger partial charge is 0.147 e. The van der Waals surface area contributed by atoms with E-state index in [-0.39, 0.29) is 0 Å². The summed E-state index contributed by atoms with van der Waals surface area (Å²) in [4.78, 5) is 3.61. The second-order valence-corrected chi connectivity index (χ2v) is 3.89. The number of rotatable bonds is 4. The van der Waals surface area contributed by atoms with Crippen molar-refractivity contribution >= 4 is 11.8 Å². The van der Waals surface area contributed by atoms with Gasteiger partial charge in [0.25, 0.3) is 0 Å². The summed E-state index contributed by atoms with van der Waals surface area (Å²) in [5, 5.41) is 9.54. The zero-order chi connectivity index (χ0) is 9.68. The van der Waals surface area contributed by atoms with Gasteiger partial charge in [-0.25, -0.2) is 4.39 Å². The molecule has 0 spiro atoms. The van der Waals surface area contributed by atoms with Gasteiger partial charge in [0.2, 0.25) is 0 Å². The first-order valence-electron chi connectivity index (χ1n) is 4.11. The summed E-state index contributed by atoms with van der Waals surface area (Å²) in [6.07, 6.45) is 1.88. The Kier molecular flexibility index (Phi) is 4.18. The third-order valence-electron chi connectivity index (χ3n) is 1.64. The third-order valence-corrected chi connectivity index (χ3v) is 2.60. The summed E-state index contributed by atoms with van der Waals surface area (Å²) < 4.78 is 13.0. The second kappa shape index (κ2) is 5.19. The van der Waals surface area contributed by atoms with Crippen molar-refractivity contribution in [3.8, 4) is 0 Å². The Balaban J connectivity index is 2.65. The number of thioether (sulfide) groups is 1. The monoisotopic (exact) mass is 201 g/mol. The summed E-state index contributed by atoms with van der Waals surface area (Å²) >= 11 is 1.58. The van der Waals surface area contributed by atoms with Crippen molar-refractivity contribution < 1.29 is 9.50 Å². The van der Waals surface area contributed by atoms with Crippen molar-refractivity contribution in [1.29, 1.82) is 0 Å². The SMILES string of the molecule is CCSCC(O)c1ccncc1F. The van der Waals surface area contributed by atoms with Gasteiger partial charge in [0.15, 0.2) is 0 Å². The van der Waals surface area contributed by atoms with Gasteiger partial charge in [0, 0.05) is 17.5 Å². The maximum atomic E-state index is 13.0. The van der Waals surface area contributed by atoms with Gasteiger partial charge in [0.05, 0.1) is 12.3 Å². The molecule has 1 atom stereocenters. The van der Waals surface area contributed by atoms with Crippen molar-refractivity contribution in [2.45, 2.75) is 13.0 Å². The summed E-state index contributed by atoms with van der Waals surface area (Å²) in [7, 11) is 0. The van der Waals surface area contributed by atoms with E-state index in [0.29, 0.717) is 11.3 Å². The largest absolute Gasteiger partial charge is 0.387 e. The lowest BCUT2D eigenvalue weighted by Gasteiger charge is -2.09. The highest BCUT2D eigenvalue weighted by Crippen LogP contribution is 2.19. The maximum absolute atomic E-state index is 13.0. The average molecular weight is 201 g/mol. The van der Waals surface area contributed by atoms with Crippen molar-refractivity contribution in [3.05, 3.63) is 29.8 Å². The van der Waals surface area contributed by atoms with E-state index in [1.807, 2.05) is 6.92 Å². The molecule has 0 saturated heterocycles. The zero-order valence-electron chi connectivity index (χ0n) is 7.40. The van der Waals surface area contributed by atoms with Crippen LogP contribution in [0.15, 0.2) is 18.5 Å². The van der Waals surface area contributed by atoms with Crippen LogP contribution >= 0.6 is 11.8 Å². The fourth-order valence-electron chi connectivity index (χ4n) is 0.975. The lowest BCUT2D eigenvalue weighted by Crippen LogP contribution is -2.03. The highest BCUT2D eigenvalue weighted by Gasteiger charge is 2.11. The van der Waals surface area contributed by atoms with Crippen LogP contribution in [0.25, 0.3) is 0 Å². The molecule has 0 aromatic carbocycles. The van der Waals surface area contributed by atoms with E-state index in [9.17, 15) is 9.50 Å². The molecule has 1 aromatic heterocycles. The Bertz CT molecular complexity index is 270. The van der Waals surface area contributed by atoms with Gasteiger partial charge < -0.3 is 5.11 Å². The average Bonchev–Trinajstić information content (AvgIpc) is 2.15. The lowest BCUT2D eigenvalue weighted by atomic mass is 10.2. The van der Waals surface area contributed by atoms with Crippen LogP contribution in [0.1, 0.15) is 18.6 Å². The Labute approximate surface area is 81.2 Å². The number of hydrogen-bond acceptors (Lipinski definition) is 3. The number of nitrogens with zero attached hydrogens (tertiary/aromatic N) is 1. The Hall–Kier alpha value is -0.610. The third kappa shape index (κ3) is 2.97. The molecular weight excluding hydrogens is 189 g/mol. The molecule has 0 saturated carbocycles. The second-order valence-electron chi connectivity index (χ2n) is 2.57. The molecule has 0 aliphatic rings. The van der Waals surface area contributed by atoms with Gasteiger partial charge in [-0.3, -0.25) is 4.98 Å². The molecule has 2 nitrogen and oxygen atoms in total. The fourth-order valence-corrected chi connectivity index (χ4v) is 1.61. The van der Waals surface area contributed by atoms with Crippen LogP contribution in [0.3, 0.4) is 0 Å². The van der Waals surface area contributed by atoms with Gasteiger partial charge in [-0.15, -0.1) is 0 Å². The molecule has 1 heterocycles. The first kappa shape index (κ1) is 10.5. The molecule has 0 bridgehead atoms. The van der Waals surface area contributed by atoms with Crippen LogP contribution in [0.5, 0.6) is 0 Å². The molecular formula is C9H12FNOS. The standard InChI is InChI=1S/C9H12FNOS/c1-2-13-6-9(12)7-3-4-11-5-8(7)10/h3-5,9,12H,2,6H2,1H3. The van der Waals surface area contributed by atoms with Crippen molar-refractivity contribution in [2.75, 3.05) is 11.5 Å². The van der Waals surface area contributed by atoms with Gasteiger partial charge in [0.1, 0.15) is 5.82 Å². The molecule has 13 heavy (non-hydrogen) atoms. The lowest BCUT2D eigenvalue weighted by molar-refractivity contribution is 0.198. The van der Waals surface area contributed by atoms with E-state index in [2.05, 4.69) is 4.98 Å². The molecule has 0 fully saturated rings. The van der Waals surface area contributed by atoms with Crippen LogP contribution in [0, 0.1) is 5.82 Å². The minimum absolute atomic E-state index is 0.330. The Morgan fingerprint density at radius 1 is 1.69 bits per heavy atom. The van der Waals surface area contributed by atoms with Gasteiger partial charge in [-0.1, -0.05) is 6.92 Å².